The Morgan fingerprint density at radius 1 is 1.31 bits per heavy atom. The van der Waals surface area contributed by atoms with Crippen molar-refractivity contribution in [3.05, 3.63) is 29.8 Å². The van der Waals surface area contributed by atoms with Gasteiger partial charge in [0, 0.05) is 0 Å². The molecule has 0 atom stereocenters. The number of aliphatic hydroxyl groups is 1. The number of halogens is 1. The second-order valence-corrected chi connectivity index (χ2v) is 3.23. The van der Waals surface area contributed by atoms with E-state index in [4.69, 9.17) is 5.11 Å². The topological polar surface area (TPSA) is 63.6 Å². The van der Waals surface area contributed by atoms with Crippen LogP contribution in [0.2, 0.25) is 0 Å². The summed E-state index contributed by atoms with van der Waals surface area (Å²) in [7, 11) is -4.96. The summed E-state index contributed by atoms with van der Waals surface area (Å²) in [5.74, 6) is -0.125. The fourth-order valence-corrected chi connectivity index (χ4v) is 1.11. The highest BCUT2D eigenvalue weighted by Gasteiger charge is 2.08. The Labute approximate surface area is 75.0 Å². The van der Waals surface area contributed by atoms with Gasteiger partial charge in [0.25, 0.3) is 0 Å². The van der Waals surface area contributed by atoms with Gasteiger partial charge in [-0.25, -0.2) is 0 Å². The monoisotopic (exact) mass is 206 g/mol. The molecule has 0 amide bonds. The maximum absolute atomic E-state index is 12.0. The molecular weight excluding hydrogens is 199 g/mol. The summed E-state index contributed by atoms with van der Waals surface area (Å²) in [6, 6.07) is 5.37. The van der Waals surface area contributed by atoms with Gasteiger partial charge in [-0.15, -0.1) is 0 Å². The fraction of sp³-hybridized carbons (Fsp3) is 0.143. The van der Waals surface area contributed by atoms with Crippen molar-refractivity contribution in [3.8, 4) is 5.75 Å². The first kappa shape index (κ1) is 9.94. The van der Waals surface area contributed by atoms with Crippen molar-refractivity contribution < 1.29 is 21.6 Å². The van der Waals surface area contributed by atoms with Crippen LogP contribution in [-0.4, -0.2) is 13.5 Å². The predicted octanol–water partition coefficient (Wildman–Crippen LogP) is 0.772. The van der Waals surface area contributed by atoms with E-state index in [1.807, 2.05) is 0 Å². The lowest BCUT2D eigenvalue weighted by atomic mass is 10.2. The van der Waals surface area contributed by atoms with Crippen LogP contribution < -0.4 is 4.18 Å². The number of hydrogen-bond donors (Lipinski definition) is 1. The molecule has 0 spiro atoms. The average Bonchev–Trinajstić information content (AvgIpc) is 2.03. The second-order valence-electron chi connectivity index (χ2n) is 2.28. The first-order chi connectivity index (χ1) is 6.01. The molecule has 72 valence electrons. The lowest BCUT2D eigenvalue weighted by Crippen LogP contribution is -2.00. The van der Waals surface area contributed by atoms with E-state index in [0.29, 0.717) is 5.56 Å². The smallest absolute Gasteiger partial charge is 0.392 e. The molecular formula is C7H7FO4S. The molecule has 0 fully saturated rings. The van der Waals surface area contributed by atoms with Crippen molar-refractivity contribution in [3.63, 3.8) is 0 Å². The highest BCUT2D eigenvalue weighted by Crippen LogP contribution is 2.14. The zero-order chi connectivity index (χ0) is 9.90. The van der Waals surface area contributed by atoms with Crippen LogP contribution in [0, 0.1) is 0 Å². The molecule has 1 aromatic carbocycles. The molecule has 1 rings (SSSR count). The van der Waals surface area contributed by atoms with E-state index in [-0.39, 0.29) is 12.4 Å². The Morgan fingerprint density at radius 3 is 2.23 bits per heavy atom. The zero-order valence-corrected chi connectivity index (χ0v) is 7.29. The minimum absolute atomic E-state index is 0.125. The highest BCUT2D eigenvalue weighted by atomic mass is 32.3. The quantitative estimate of drug-likeness (QED) is 0.742. The minimum atomic E-state index is -4.96. The number of rotatable bonds is 3. The SMILES string of the molecule is O=S(=O)(F)Oc1ccc(CO)cc1. The largest absolute Gasteiger partial charge is 0.488 e. The maximum atomic E-state index is 12.0. The molecule has 0 aliphatic carbocycles. The van der Waals surface area contributed by atoms with Crippen LogP contribution >= 0.6 is 0 Å². The Kier molecular flexibility index (Phi) is 2.84. The predicted molar refractivity (Wildman–Crippen MR) is 43.0 cm³/mol. The molecule has 0 aromatic heterocycles. The molecule has 1 aromatic rings. The van der Waals surface area contributed by atoms with Gasteiger partial charge in [-0.2, -0.15) is 8.42 Å². The molecule has 0 unspecified atom stereocenters. The molecule has 1 N–H and O–H groups in total. The van der Waals surface area contributed by atoms with Crippen LogP contribution in [0.5, 0.6) is 5.75 Å². The molecule has 0 radical (unpaired) electrons. The fourth-order valence-electron chi connectivity index (χ4n) is 0.765. The summed E-state index contributed by atoms with van der Waals surface area (Å²) in [6.45, 7) is -0.164. The summed E-state index contributed by atoms with van der Waals surface area (Å²) < 4.78 is 35.9. The summed E-state index contributed by atoms with van der Waals surface area (Å²) in [6.07, 6.45) is 0. The number of aliphatic hydroxyl groups excluding tert-OH is 1. The average molecular weight is 206 g/mol. The third-order valence-corrected chi connectivity index (χ3v) is 1.69. The molecule has 0 heterocycles. The Bertz CT molecular complexity index is 370. The minimum Gasteiger partial charge on any atom is -0.392 e. The third kappa shape index (κ3) is 3.39. The van der Waals surface area contributed by atoms with Gasteiger partial charge in [0.05, 0.1) is 6.61 Å². The molecule has 0 aliphatic rings. The lowest BCUT2D eigenvalue weighted by Gasteiger charge is -2.00. The molecule has 0 bridgehead atoms. The van der Waals surface area contributed by atoms with Crippen molar-refractivity contribution >= 4 is 10.5 Å². The van der Waals surface area contributed by atoms with Gasteiger partial charge in [0.2, 0.25) is 0 Å². The van der Waals surface area contributed by atoms with Crippen LogP contribution in [0.15, 0.2) is 24.3 Å². The van der Waals surface area contributed by atoms with E-state index in [2.05, 4.69) is 4.18 Å². The van der Waals surface area contributed by atoms with E-state index in [9.17, 15) is 12.3 Å². The van der Waals surface area contributed by atoms with Crippen LogP contribution in [0.25, 0.3) is 0 Å². The van der Waals surface area contributed by atoms with Gasteiger partial charge in [-0.1, -0.05) is 16.0 Å². The standard InChI is InChI=1S/C7H7FO4S/c8-13(10,11)12-7-3-1-6(5-9)2-4-7/h1-4,9H,5H2. The normalized spacial score (nSPS) is 11.2. The van der Waals surface area contributed by atoms with Crippen LogP contribution in [-0.2, 0) is 17.1 Å². The van der Waals surface area contributed by atoms with Gasteiger partial charge < -0.3 is 9.29 Å². The van der Waals surface area contributed by atoms with E-state index in [0.717, 1.165) is 0 Å². The van der Waals surface area contributed by atoms with Crippen LogP contribution in [0.1, 0.15) is 5.56 Å². The lowest BCUT2D eigenvalue weighted by molar-refractivity contribution is 0.282. The molecule has 6 heteroatoms. The van der Waals surface area contributed by atoms with Gasteiger partial charge in [-0.05, 0) is 17.7 Å². The summed E-state index contributed by atoms with van der Waals surface area (Å²) in [4.78, 5) is 0. The Morgan fingerprint density at radius 2 is 1.85 bits per heavy atom. The summed E-state index contributed by atoms with van der Waals surface area (Å²) >= 11 is 0. The number of hydrogen-bond acceptors (Lipinski definition) is 4. The zero-order valence-electron chi connectivity index (χ0n) is 6.47. The molecule has 0 saturated heterocycles. The van der Waals surface area contributed by atoms with Crippen LogP contribution in [0.3, 0.4) is 0 Å². The highest BCUT2D eigenvalue weighted by molar-refractivity contribution is 7.81. The summed E-state index contributed by atoms with van der Waals surface area (Å²) in [5, 5.41) is 8.63. The summed E-state index contributed by atoms with van der Waals surface area (Å²) in [5.41, 5.74) is 0.587. The number of benzene rings is 1. The molecule has 4 nitrogen and oxygen atoms in total. The molecule has 0 saturated carbocycles. The Balaban J connectivity index is 2.81. The van der Waals surface area contributed by atoms with E-state index >= 15 is 0 Å². The molecule has 13 heavy (non-hydrogen) atoms. The van der Waals surface area contributed by atoms with Crippen molar-refractivity contribution in [2.24, 2.45) is 0 Å². The van der Waals surface area contributed by atoms with Gasteiger partial charge >= 0.3 is 10.5 Å². The van der Waals surface area contributed by atoms with E-state index < -0.39 is 10.5 Å². The Hall–Kier alpha value is -1.14. The third-order valence-electron chi connectivity index (χ3n) is 1.30. The van der Waals surface area contributed by atoms with E-state index in [1.165, 1.54) is 24.3 Å². The first-order valence-corrected chi connectivity index (χ1v) is 4.66. The van der Waals surface area contributed by atoms with Gasteiger partial charge in [-0.3, -0.25) is 0 Å². The van der Waals surface area contributed by atoms with E-state index in [1.54, 1.807) is 0 Å². The first-order valence-electron chi connectivity index (χ1n) is 3.35. The second kappa shape index (κ2) is 3.71. The van der Waals surface area contributed by atoms with Crippen LogP contribution in [0.4, 0.5) is 3.89 Å². The molecule has 0 aliphatic heterocycles. The van der Waals surface area contributed by atoms with Gasteiger partial charge in [0.1, 0.15) is 5.75 Å². The van der Waals surface area contributed by atoms with Crippen molar-refractivity contribution in [2.75, 3.05) is 0 Å². The van der Waals surface area contributed by atoms with Gasteiger partial charge in [0.15, 0.2) is 0 Å². The maximum Gasteiger partial charge on any atom is 0.488 e. The van der Waals surface area contributed by atoms with Crippen molar-refractivity contribution in [1.82, 2.24) is 0 Å². The van der Waals surface area contributed by atoms with Crippen molar-refractivity contribution in [2.45, 2.75) is 6.61 Å². The van der Waals surface area contributed by atoms with Crippen molar-refractivity contribution in [1.29, 1.82) is 0 Å².